The Labute approximate surface area is 147 Å². The second-order valence-corrected chi connectivity index (χ2v) is 6.31. The Morgan fingerprint density at radius 2 is 1.92 bits per heavy atom. The van der Waals surface area contributed by atoms with Crippen LogP contribution in [0.3, 0.4) is 0 Å². The van der Waals surface area contributed by atoms with E-state index >= 15 is 0 Å². The number of benzene rings is 2. The monoisotopic (exact) mass is 391 g/mol. The molecular weight excluding hydrogens is 377 g/mol. The van der Waals surface area contributed by atoms with Crippen LogP contribution in [0, 0.1) is 5.82 Å². The number of nitrogens with zero attached hydrogens (tertiary/aromatic N) is 2. The Balaban J connectivity index is 1.61. The SMILES string of the molecule is O=C(CN1CCN(c2ccc(F)cc2)C1=O)Nc1cccc(Br)c1. The molecule has 0 bridgehead atoms. The highest BCUT2D eigenvalue weighted by atomic mass is 79.9. The van der Waals surface area contributed by atoms with E-state index in [0.29, 0.717) is 24.5 Å². The number of hydrogen-bond donors (Lipinski definition) is 1. The van der Waals surface area contributed by atoms with Crippen LogP contribution >= 0.6 is 15.9 Å². The predicted molar refractivity (Wildman–Crippen MR) is 93.5 cm³/mol. The number of rotatable bonds is 4. The molecule has 0 atom stereocenters. The van der Waals surface area contributed by atoms with Gasteiger partial charge in [0.05, 0.1) is 0 Å². The zero-order valence-electron chi connectivity index (χ0n) is 12.7. The summed E-state index contributed by atoms with van der Waals surface area (Å²) < 4.78 is 13.8. The maximum Gasteiger partial charge on any atom is 0.325 e. The molecule has 1 aliphatic heterocycles. The fourth-order valence-corrected chi connectivity index (χ4v) is 2.93. The number of carbonyl (C=O) groups excluding carboxylic acids is 2. The predicted octanol–water partition coefficient (Wildman–Crippen LogP) is 3.47. The van der Waals surface area contributed by atoms with E-state index in [4.69, 9.17) is 0 Å². The highest BCUT2D eigenvalue weighted by Gasteiger charge is 2.30. The van der Waals surface area contributed by atoms with Crippen LogP contribution in [0.15, 0.2) is 53.0 Å². The van der Waals surface area contributed by atoms with Crippen molar-refractivity contribution in [1.29, 1.82) is 0 Å². The Bertz CT molecular complexity index is 767. The molecule has 24 heavy (non-hydrogen) atoms. The topological polar surface area (TPSA) is 52.7 Å². The van der Waals surface area contributed by atoms with Gasteiger partial charge in [-0.3, -0.25) is 9.69 Å². The number of carbonyl (C=O) groups is 2. The lowest BCUT2D eigenvalue weighted by atomic mass is 10.3. The fourth-order valence-electron chi connectivity index (χ4n) is 2.53. The van der Waals surface area contributed by atoms with Crippen molar-refractivity contribution in [2.24, 2.45) is 0 Å². The van der Waals surface area contributed by atoms with Gasteiger partial charge in [0, 0.05) is 28.9 Å². The van der Waals surface area contributed by atoms with Crippen molar-refractivity contribution in [1.82, 2.24) is 4.90 Å². The van der Waals surface area contributed by atoms with Gasteiger partial charge in [-0.1, -0.05) is 22.0 Å². The molecule has 7 heteroatoms. The van der Waals surface area contributed by atoms with E-state index in [1.54, 1.807) is 24.3 Å². The highest BCUT2D eigenvalue weighted by molar-refractivity contribution is 9.10. The molecule has 1 N–H and O–H groups in total. The Hall–Kier alpha value is -2.41. The standard InChI is InChI=1S/C17H15BrFN3O2/c18-12-2-1-3-14(10-12)20-16(23)11-21-8-9-22(17(21)24)15-6-4-13(19)5-7-15/h1-7,10H,8-9,11H2,(H,20,23). The van der Waals surface area contributed by atoms with E-state index < -0.39 is 0 Å². The summed E-state index contributed by atoms with van der Waals surface area (Å²) in [7, 11) is 0. The minimum Gasteiger partial charge on any atom is -0.325 e. The van der Waals surface area contributed by atoms with E-state index in [9.17, 15) is 14.0 Å². The molecule has 0 saturated carbocycles. The van der Waals surface area contributed by atoms with E-state index in [-0.39, 0.29) is 24.3 Å². The van der Waals surface area contributed by atoms with E-state index in [1.807, 2.05) is 12.1 Å². The highest BCUT2D eigenvalue weighted by Crippen LogP contribution is 2.21. The summed E-state index contributed by atoms with van der Waals surface area (Å²) in [5.41, 5.74) is 1.28. The molecule has 2 aromatic rings. The number of hydrogen-bond acceptors (Lipinski definition) is 2. The van der Waals surface area contributed by atoms with Gasteiger partial charge >= 0.3 is 6.03 Å². The van der Waals surface area contributed by atoms with Gasteiger partial charge in [-0.15, -0.1) is 0 Å². The van der Waals surface area contributed by atoms with Crippen molar-refractivity contribution in [2.45, 2.75) is 0 Å². The van der Waals surface area contributed by atoms with Gasteiger partial charge in [0.25, 0.3) is 0 Å². The molecule has 1 heterocycles. The zero-order chi connectivity index (χ0) is 17.1. The third-order valence-electron chi connectivity index (χ3n) is 3.68. The summed E-state index contributed by atoms with van der Waals surface area (Å²) in [5.74, 6) is -0.613. The van der Waals surface area contributed by atoms with Crippen LogP contribution in [-0.4, -0.2) is 36.5 Å². The summed E-state index contributed by atoms with van der Waals surface area (Å²) in [6, 6.07) is 12.7. The van der Waals surface area contributed by atoms with Crippen LogP contribution in [0.1, 0.15) is 0 Å². The molecular formula is C17H15BrFN3O2. The van der Waals surface area contributed by atoms with Crippen LogP contribution in [0.4, 0.5) is 20.6 Å². The molecule has 0 unspecified atom stereocenters. The maximum absolute atomic E-state index is 13.0. The lowest BCUT2D eigenvalue weighted by Gasteiger charge is -2.18. The number of urea groups is 1. The van der Waals surface area contributed by atoms with Crippen molar-refractivity contribution < 1.29 is 14.0 Å². The van der Waals surface area contributed by atoms with Crippen LogP contribution in [-0.2, 0) is 4.79 Å². The molecule has 3 amide bonds. The molecule has 1 fully saturated rings. The van der Waals surface area contributed by atoms with Crippen molar-refractivity contribution in [3.63, 3.8) is 0 Å². The van der Waals surface area contributed by atoms with Crippen LogP contribution in [0.5, 0.6) is 0 Å². The molecule has 5 nitrogen and oxygen atoms in total. The normalized spacial score (nSPS) is 14.2. The van der Waals surface area contributed by atoms with E-state index in [1.165, 1.54) is 21.9 Å². The summed E-state index contributed by atoms with van der Waals surface area (Å²) in [6.45, 7) is 0.889. The Morgan fingerprint density at radius 1 is 1.17 bits per heavy atom. The van der Waals surface area contributed by atoms with E-state index in [0.717, 1.165) is 4.47 Å². The smallest absolute Gasteiger partial charge is 0.325 e. The van der Waals surface area contributed by atoms with Gasteiger partial charge in [0.15, 0.2) is 0 Å². The van der Waals surface area contributed by atoms with Gasteiger partial charge in [-0.25, -0.2) is 9.18 Å². The second-order valence-electron chi connectivity index (χ2n) is 5.39. The summed E-state index contributed by atoms with van der Waals surface area (Å²) in [5, 5.41) is 2.76. The van der Waals surface area contributed by atoms with Crippen LogP contribution in [0.2, 0.25) is 0 Å². The number of amides is 3. The molecule has 3 rings (SSSR count). The van der Waals surface area contributed by atoms with Crippen molar-refractivity contribution in [2.75, 3.05) is 29.9 Å². The molecule has 0 radical (unpaired) electrons. The molecule has 0 aromatic heterocycles. The number of nitrogens with one attached hydrogen (secondary N) is 1. The first-order valence-corrected chi connectivity index (χ1v) is 8.20. The van der Waals surface area contributed by atoms with Gasteiger partial charge in [0.2, 0.25) is 5.91 Å². The van der Waals surface area contributed by atoms with Crippen LogP contribution in [0.25, 0.3) is 0 Å². The van der Waals surface area contributed by atoms with Gasteiger partial charge in [0.1, 0.15) is 12.4 Å². The Morgan fingerprint density at radius 3 is 2.62 bits per heavy atom. The van der Waals surface area contributed by atoms with Crippen molar-refractivity contribution in [3.8, 4) is 0 Å². The summed E-state index contributed by atoms with van der Waals surface area (Å²) in [6.07, 6.45) is 0. The van der Waals surface area contributed by atoms with Gasteiger partial charge < -0.3 is 10.2 Å². The van der Waals surface area contributed by atoms with Crippen LogP contribution < -0.4 is 10.2 Å². The number of halogens is 2. The first-order chi connectivity index (χ1) is 11.5. The minimum absolute atomic E-state index is 0.0248. The average molecular weight is 392 g/mol. The van der Waals surface area contributed by atoms with Crippen molar-refractivity contribution in [3.05, 3.63) is 58.8 Å². The maximum atomic E-state index is 13.0. The molecule has 1 saturated heterocycles. The zero-order valence-corrected chi connectivity index (χ0v) is 14.3. The van der Waals surface area contributed by atoms with E-state index in [2.05, 4.69) is 21.2 Å². The largest absolute Gasteiger partial charge is 0.325 e. The average Bonchev–Trinajstić information content (AvgIpc) is 2.89. The quantitative estimate of drug-likeness (QED) is 0.867. The summed E-state index contributed by atoms with van der Waals surface area (Å²) in [4.78, 5) is 27.5. The third kappa shape index (κ3) is 3.73. The molecule has 124 valence electrons. The number of anilines is 2. The Kier molecular flexibility index (Phi) is 4.80. The van der Waals surface area contributed by atoms with Crippen molar-refractivity contribution >= 4 is 39.2 Å². The second kappa shape index (κ2) is 7.00. The summed E-state index contributed by atoms with van der Waals surface area (Å²) >= 11 is 3.34. The first-order valence-electron chi connectivity index (χ1n) is 7.40. The molecule has 1 aliphatic rings. The fraction of sp³-hybridized carbons (Fsp3) is 0.176. The molecule has 0 spiro atoms. The first kappa shape index (κ1) is 16.4. The minimum atomic E-state index is -0.351. The third-order valence-corrected chi connectivity index (χ3v) is 4.17. The molecule has 0 aliphatic carbocycles. The lowest BCUT2D eigenvalue weighted by molar-refractivity contribution is -0.116. The van der Waals surface area contributed by atoms with Gasteiger partial charge in [-0.2, -0.15) is 0 Å². The lowest BCUT2D eigenvalue weighted by Crippen LogP contribution is -2.37. The molecule has 2 aromatic carbocycles. The van der Waals surface area contributed by atoms with Gasteiger partial charge in [-0.05, 0) is 42.5 Å².